The number of hydrogen-bond donors (Lipinski definition) is 1. The molecule has 0 bridgehead atoms. The van der Waals surface area contributed by atoms with Gasteiger partial charge in [0.25, 0.3) is 0 Å². The predicted octanol–water partition coefficient (Wildman–Crippen LogP) is 1.93. The fraction of sp³-hybridized carbons (Fsp3) is 0.769. The molecule has 6 heteroatoms. The Balaban J connectivity index is 1.82. The van der Waals surface area contributed by atoms with E-state index in [2.05, 4.69) is 10.2 Å². The minimum Gasteiger partial charge on any atom is -0.480 e. The highest BCUT2D eigenvalue weighted by Gasteiger charge is 2.30. The zero-order valence-corrected chi connectivity index (χ0v) is 11.7. The second kappa shape index (κ2) is 5.53. The first kappa shape index (κ1) is 13.0. The highest BCUT2D eigenvalue weighted by molar-refractivity contribution is 7.99. The Morgan fingerprint density at radius 2 is 2.26 bits per heavy atom. The summed E-state index contributed by atoms with van der Waals surface area (Å²) in [6.45, 7) is 0. The highest BCUT2D eigenvalue weighted by atomic mass is 32.2. The molecule has 0 saturated carbocycles. The summed E-state index contributed by atoms with van der Waals surface area (Å²) >= 11 is 2.00. The lowest BCUT2D eigenvalue weighted by Crippen LogP contribution is -2.27. The molecule has 104 valence electrons. The maximum atomic E-state index is 11.4. The molecule has 0 aromatic carbocycles. The zero-order valence-electron chi connectivity index (χ0n) is 10.9. The summed E-state index contributed by atoms with van der Waals surface area (Å²) in [7, 11) is 0. The van der Waals surface area contributed by atoms with E-state index in [1.54, 1.807) is 0 Å². The number of rotatable bonds is 3. The number of aromatic nitrogens is 3. The normalized spacial score (nSPS) is 26.9. The van der Waals surface area contributed by atoms with Gasteiger partial charge in [0, 0.05) is 12.8 Å². The first-order valence-electron chi connectivity index (χ1n) is 6.99. The maximum Gasteiger partial charge on any atom is 0.326 e. The van der Waals surface area contributed by atoms with Gasteiger partial charge in [0.2, 0.25) is 0 Å². The van der Waals surface area contributed by atoms with Crippen molar-refractivity contribution in [1.82, 2.24) is 14.8 Å². The number of carboxylic acid groups (broad SMARTS) is 1. The van der Waals surface area contributed by atoms with Gasteiger partial charge in [-0.3, -0.25) is 0 Å². The van der Waals surface area contributed by atoms with Crippen LogP contribution < -0.4 is 0 Å². The molecular formula is C13H19N3O2S. The summed E-state index contributed by atoms with van der Waals surface area (Å²) in [5.41, 5.74) is 0. The molecule has 2 unspecified atom stereocenters. The SMILES string of the molecule is O=C(O)C1CCCc2nnc(CC3CCCSC3)n21. The van der Waals surface area contributed by atoms with Crippen LogP contribution in [0.3, 0.4) is 0 Å². The molecule has 2 aliphatic rings. The molecule has 0 amide bonds. The van der Waals surface area contributed by atoms with Gasteiger partial charge >= 0.3 is 5.97 Å². The number of carbonyl (C=O) groups is 1. The summed E-state index contributed by atoms with van der Waals surface area (Å²) < 4.78 is 1.89. The third-order valence-corrected chi connectivity index (χ3v) is 5.32. The summed E-state index contributed by atoms with van der Waals surface area (Å²) in [4.78, 5) is 11.4. The van der Waals surface area contributed by atoms with Gasteiger partial charge in [-0.2, -0.15) is 11.8 Å². The predicted molar refractivity (Wildman–Crippen MR) is 73.4 cm³/mol. The van der Waals surface area contributed by atoms with Crippen molar-refractivity contribution in [1.29, 1.82) is 0 Å². The molecule has 3 rings (SSSR count). The van der Waals surface area contributed by atoms with E-state index in [-0.39, 0.29) is 0 Å². The van der Waals surface area contributed by atoms with Crippen molar-refractivity contribution >= 4 is 17.7 Å². The first-order valence-corrected chi connectivity index (χ1v) is 8.14. The van der Waals surface area contributed by atoms with Crippen molar-refractivity contribution in [3.05, 3.63) is 11.6 Å². The second-order valence-corrected chi connectivity index (χ2v) is 6.59. The van der Waals surface area contributed by atoms with Gasteiger partial charge in [0.1, 0.15) is 17.7 Å². The van der Waals surface area contributed by atoms with Crippen LogP contribution in [-0.2, 0) is 17.6 Å². The maximum absolute atomic E-state index is 11.4. The van der Waals surface area contributed by atoms with E-state index in [0.29, 0.717) is 12.3 Å². The monoisotopic (exact) mass is 281 g/mol. The van der Waals surface area contributed by atoms with Gasteiger partial charge in [-0.05, 0) is 43.1 Å². The number of aliphatic carboxylic acids is 1. The molecule has 1 fully saturated rings. The first-order chi connectivity index (χ1) is 9.25. The lowest BCUT2D eigenvalue weighted by Gasteiger charge is -2.25. The average Bonchev–Trinajstić information content (AvgIpc) is 2.83. The fourth-order valence-electron chi connectivity index (χ4n) is 3.07. The Bertz CT molecular complexity index is 468. The molecule has 2 aliphatic heterocycles. The van der Waals surface area contributed by atoms with Crippen molar-refractivity contribution in [3.8, 4) is 0 Å². The summed E-state index contributed by atoms with van der Waals surface area (Å²) in [5.74, 6) is 4.04. The molecule has 19 heavy (non-hydrogen) atoms. The Kier molecular flexibility index (Phi) is 3.77. The molecule has 0 spiro atoms. The van der Waals surface area contributed by atoms with Crippen molar-refractivity contribution < 1.29 is 9.90 Å². The number of carboxylic acids is 1. The third kappa shape index (κ3) is 2.63. The topological polar surface area (TPSA) is 68.0 Å². The minimum atomic E-state index is -0.750. The average molecular weight is 281 g/mol. The van der Waals surface area contributed by atoms with E-state index in [1.807, 2.05) is 16.3 Å². The van der Waals surface area contributed by atoms with E-state index in [4.69, 9.17) is 0 Å². The van der Waals surface area contributed by atoms with Crippen molar-refractivity contribution in [2.24, 2.45) is 5.92 Å². The van der Waals surface area contributed by atoms with E-state index < -0.39 is 12.0 Å². The number of fused-ring (bicyclic) bond motifs is 1. The largest absolute Gasteiger partial charge is 0.480 e. The highest BCUT2D eigenvalue weighted by Crippen LogP contribution is 2.29. The molecular weight excluding hydrogens is 262 g/mol. The summed E-state index contributed by atoms with van der Waals surface area (Å²) in [6, 6.07) is -0.454. The molecule has 0 aliphatic carbocycles. The Labute approximate surface area is 116 Å². The summed E-state index contributed by atoms with van der Waals surface area (Å²) in [6.07, 6.45) is 5.83. The van der Waals surface area contributed by atoms with Crippen molar-refractivity contribution in [2.75, 3.05) is 11.5 Å². The number of hydrogen-bond acceptors (Lipinski definition) is 4. The molecule has 1 aromatic rings. The lowest BCUT2D eigenvalue weighted by atomic mass is 9.99. The van der Waals surface area contributed by atoms with Crippen LogP contribution in [0, 0.1) is 5.92 Å². The van der Waals surface area contributed by atoms with Crippen LogP contribution in [0.2, 0.25) is 0 Å². The molecule has 0 radical (unpaired) electrons. The molecule has 1 aromatic heterocycles. The van der Waals surface area contributed by atoms with Gasteiger partial charge in [-0.25, -0.2) is 4.79 Å². The van der Waals surface area contributed by atoms with Crippen LogP contribution in [0.1, 0.15) is 43.4 Å². The van der Waals surface area contributed by atoms with Crippen LogP contribution in [0.15, 0.2) is 0 Å². The molecule has 2 atom stereocenters. The molecule has 1 saturated heterocycles. The van der Waals surface area contributed by atoms with Gasteiger partial charge in [-0.1, -0.05) is 0 Å². The van der Waals surface area contributed by atoms with Crippen LogP contribution in [0.4, 0.5) is 0 Å². The number of nitrogens with zero attached hydrogens (tertiary/aromatic N) is 3. The van der Waals surface area contributed by atoms with E-state index in [9.17, 15) is 9.90 Å². The number of thioether (sulfide) groups is 1. The van der Waals surface area contributed by atoms with E-state index in [0.717, 1.165) is 30.9 Å². The summed E-state index contributed by atoms with van der Waals surface area (Å²) in [5, 5.41) is 17.8. The molecule has 1 N–H and O–H groups in total. The van der Waals surface area contributed by atoms with E-state index in [1.165, 1.54) is 24.3 Å². The fourth-order valence-corrected chi connectivity index (χ4v) is 4.23. The van der Waals surface area contributed by atoms with Crippen LogP contribution in [0.5, 0.6) is 0 Å². The van der Waals surface area contributed by atoms with E-state index >= 15 is 0 Å². The van der Waals surface area contributed by atoms with Gasteiger partial charge in [0.05, 0.1) is 0 Å². The molecule has 3 heterocycles. The Morgan fingerprint density at radius 3 is 3.00 bits per heavy atom. The Hall–Kier alpha value is -1.04. The smallest absolute Gasteiger partial charge is 0.326 e. The second-order valence-electron chi connectivity index (χ2n) is 5.44. The third-order valence-electron chi connectivity index (χ3n) is 4.04. The number of aryl methyl sites for hydroxylation is 1. The van der Waals surface area contributed by atoms with Crippen molar-refractivity contribution in [3.63, 3.8) is 0 Å². The minimum absolute atomic E-state index is 0.454. The quantitative estimate of drug-likeness (QED) is 0.917. The lowest BCUT2D eigenvalue weighted by molar-refractivity contribution is -0.141. The van der Waals surface area contributed by atoms with Crippen molar-refractivity contribution in [2.45, 2.75) is 44.6 Å². The van der Waals surface area contributed by atoms with Gasteiger partial charge in [0.15, 0.2) is 0 Å². The van der Waals surface area contributed by atoms with Crippen LogP contribution in [-0.4, -0.2) is 37.3 Å². The standard InChI is InChI=1S/C13H19N3O2S/c17-13(18)10-4-1-5-11-14-15-12(16(10)11)7-9-3-2-6-19-8-9/h9-10H,1-8H2,(H,17,18). The van der Waals surface area contributed by atoms with Gasteiger partial charge < -0.3 is 9.67 Å². The van der Waals surface area contributed by atoms with Crippen LogP contribution >= 0.6 is 11.8 Å². The van der Waals surface area contributed by atoms with Crippen LogP contribution in [0.25, 0.3) is 0 Å². The zero-order chi connectivity index (χ0) is 13.2. The Morgan fingerprint density at radius 1 is 1.37 bits per heavy atom. The molecule has 5 nitrogen and oxygen atoms in total. The van der Waals surface area contributed by atoms with Gasteiger partial charge in [-0.15, -0.1) is 10.2 Å².